The molecule has 2 rings (SSSR count). The number of piperazine rings is 1. The highest BCUT2D eigenvalue weighted by Crippen LogP contribution is 2.20. The van der Waals surface area contributed by atoms with Gasteiger partial charge in [-0.2, -0.15) is 0 Å². The first-order chi connectivity index (χ1) is 8.63. The van der Waals surface area contributed by atoms with Crippen molar-refractivity contribution in [1.82, 2.24) is 9.80 Å². The first-order valence-electron chi connectivity index (χ1n) is 6.36. The lowest BCUT2D eigenvalue weighted by atomic mass is 10.0. The van der Waals surface area contributed by atoms with Crippen LogP contribution in [-0.2, 0) is 11.3 Å². The van der Waals surface area contributed by atoms with Crippen molar-refractivity contribution in [1.29, 1.82) is 0 Å². The average molecular weight is 251 g/mol. The van der Waals surface area contributed by atoms with Crippen LogP contribution in [-0.4, -0.2) is 47.9 Å². The number of hydrogen-bond donors (Lipinski definition) is 1. The zero-order valence-electron chi connectivity index (χ0n) is 11.0. The van der Waals surface area contributed by atoms with Crippen molar-refractivity contribution in [2.45, 2.75) is 32.0 Å². The summed E-state index contributed by atoms with van der Waals surface area (Å²) >= 11 is 0. The molecule has 2 atom stereocenters. The molecule has 0 bridgehead atoms. The maximum atomic E-state index is 12.3. The molecular formula is C13H21N3O2. The topological polar surface area (TPSA) is 62.7 Å². The second kappa shape index (κ2) is 5.54. The number of carbonyl (C=O) groups is 1. The third-order valence-corrected chi connectivity index (χ3v) is 3.61. The fraction of sp³-hybridized carbons (Fsp3) is 0.615. The molecular weight excluding hydrogens is 230 g/mol. The molecule has 5 heteroatoms. The summed E-state index contributed by atoms with van der Waals surface area (Å²) in [5, 5.41) is 0. The molecule has 2 heterocycles. The predicted octanol–water partition coefficient (Wildman–Crippen LogP) is 0.660. The Morgan fingerprint density at radius 3 is 2.94 bits per heavy atom. The number of likely N-dealkylation sites (N-methyl/N-ethyl adjacent to an activating group) is 1. The molecule has 18 heavy (non-hydrogen) atoms. The van der Waals surface area contributed by atoms with Crippen LogP contribution < -0.4 is 5.73 Å². The van der Waals surface area contributed by atoms with Gasteiger partial charge < -0.3 is 15.1 Å². The number of nitrogens with two attached hydrogens (primary N) is 1. The first-order valence-corrected chi connectivity index (χ1v) is 6.36. The Hall–Kier alpha value is -1.33. The van der Waals surface area contributed by atoms with E-state index >= 15 is 0 Å². The molecule has 1 amide bonds. The number of carbonyl (C=O) groups excluding carboxylic acids is 1. The van der Waals surface area contributed by atoms with E-state index in [1.165, 1.54) is 0 Å². The number of rotatable bonds is 4. The fourth-order valence-corrected chi connectivity index (χ4v) is 2.44. The summed E-state index contributed by atoms with van der Waals surface area (Å²) in [6.45, 7) is 4.11. The summed E-state index contributed by atoms with van der Waals surface area (Å²) in [5.41, 5.74) is 5.62. The van der Waals surface area contributed by atoms with Crippen molar-refractivity contribution in [2.24, 2.45) is 5.73 Å². The molecule has 1 fully saturated rings. The SMILES string of the molecule is CC1CN(Cc2ccco2)C(CCN)C(=O)N1C. The van der Waals surface area contributed by atoms with Crippen LogP contribution in [0, 0.1) is 0 Å². The van der Waals surface area contributed by atoms with E-state index < -0.39 is 0 Å². The third-order valence-electron chi connectivity index (χ3n) is 3.61. The van der Waals surface area contributed by atoms with E-state index in [4.69, 9.17) is 10.2 Å². The number of amides is 1. The molecule has 0 aromatic carbocycles. The molecule has 1 aromatic heterocycles. The second-order valence-corrected chi connectivity index (χ2v) is 4.90. The lowest BCUT2D eigenvalue weighted by Gasteiger charge is -2.42. The van der Waals surface area contributed by atoms with Gasteiger partial charge in [0.15, 0.2) is 0 Å². The largest absolute Gasteiger partial charge is 0.468 e. The summed E-state index contributed by atoms with van der Waals surface area (Å²) in [5.74, 6) is 1.05. The molecule has 1 aromatic rings. The Bertz CT molecular complexity index is 391. The molecule has 0 radical (unpaired) electrons. The zero-order chi connectivity index (χ0) is 13.1. The monoisotopic (exact) mass is 251 g/mol. The van der Waals surface area contributed by atoms with Crippen LogP contribution >= 0.6 is 0 Å². The highest BCUT2D eigenvalue weighted by atomic mass is 16.3. The molecule has 2 N–H and O–H groups in total. The second-order valence-electron chi connectivity index (χ2n) is 4.90. The van der Waals surface area contributed by atoms with E-state index in [0.717, 1.165) is 12.3 Å². The van der Waals surface area contributed by atoms with Crippen LogP contribution in [0.4, 0.5) is 0 Å². The van der Waals surface area contributed by atoms with Crippen molar-refractivity contribution in [2.75, 3.05) is 20.1 Å². The fourth-order valence-electron chi connectivity index (χ4n) is 2.44. The molecule has 1 aliphatic rings. The van der Waals surface area contributed by atoms with Crippen molar-refractivity contribution in [3.63, 3.8) is 0 Å². The first kappa shape index (κ1) is 13.1. The molecule has 2 unspecified atom stereocenters. The summed E-state index contributed by atoms with van der Waals surface area (Å²) in [6, 6.07) is 3.91. The van der Waals surface area contributed by atoms with Gasteiger partial charge in [0.2, 0.25) is 5.91 Å². The van der Waals surface area contributed by atoms with Crippen LogP contribution in [0.15, 0.2) is 22.8 Å². The summed E-state index contributed by atoms with van der Waals surface area (Å²) in [4.78, 5) is 16.2. The van der Waals surface area contributed by atoms with Gasteiger partial charge in [-0.25, -0.2) is 0 Å². The lowest BCUT2D eigenvalue weighted by molar-refractivity contribution is -0.144. The van der Waals surface area contributed by atoms with Gasteiger partial charge in [-0.15, -0.1) is 0 Å². The van der Waals surface area contributed by atoms with Gasteiger partial charge in [0, 0.05) is 19.6 Å². The van der Waals surface area contributed by atoms with Gasteiger partial charge in [-0.1, -0.05) is 0 Å². The number of hydrogen-bond acceptors (Lipinski definition) is 4. The Morgan fingerprint density at radius 2 is 2.33 bits per heavy atom. The van der Waals surface area contributed by atoms with Crippen LogP contribution in [0.1, 0.15) is 19.1 Å². The van der Waals surface area contributed by atoms with E-state index in [0.29, 0.717) is 19.5 Å². The van der Waals surface area contributed by atoms with Crippen LogP contribution in [0.25, 0.3) is 0 Å². The predicted molar refractivity (Wildman–Crippen MR) is 68.8 cm³/mol. The van der Waals surface area contributed by atoms with Crippen molar-refractivity contribution in [3.05, 3.63) is 24.2 Å². The normalized spacial score (nSPS) is 25.7. The van der Waals surface area contributed by atoms with Gasteiger partial charge in [-0.05, 0) is 32.0 Å². The summed E-state index contributed by atoms with van der Waals surface area (Å²) < 4.78 is 5.36. The van der Waals surface area contributed by atoms with Crippen LogP contribution in [0.2, 0.25) is 0 Å². The average Bonchev–Trinajstić information content (AvgIpc) is 2.84. The molecule has 0 spiro atoms. The standard InChI is InChI=1S/C13H21N3O2/c1-10-8-16(9-11-4-3-7-18-11)12(5-6-14)13(17)15(10)2/h3-4,7,10,12H,5-6,8-9,14H2,1-2H3. The van der Waals surface area contributed by atoms with E-state index in [9.17, 15) is 4.79 Å². The van der Waals surface area contributed by atoms with Gasteiger partial charge in [0.05, 0.1) is 18.8 Å². The zero-order valence-corrected chi connectivity index (χ0v) is 11.0. The van der Waals surface area contributed by atoms with Gasteiger partial charge >= 0.3 is 0 Å². The Morgan fingerprint density at radius 1 is 1.56 bits per heavy atom. The van der Waals surface area contributed by atoms with Crippen molar-refractivity contribution in [3.8, 4) is 0 Å². The van der Waals surface area contributed by atoms with E-state index in [1.807, 2.05) is 24.1 Å². The minimum Gasteiger partial charge on any atom is -0.468 e. The summed E-state index contributed by atoms with van der Waals surface area (Å²) in [7, 11) is 1.86. The molecule has 100 valence electrons. The Balaban J connectivity index is 2.12. The number of nitrogens with zero attached hydrogens (tertiary/aromatic N) is 2. The van der Waals surface area contributed by atoms with Crippen molar-refractivity contribution >= 4 is 5.91 Å². The molecule has 0 aliphatic carbocycles. The van der Waals surface area contributed by atoms with E-state index in [2.05, 4.69) is 11.8 Å². The Labute approximate surface area is 108 Å². The van der Waals surface area contributed by atoms with Gasteiger partial charge in [0.25, 0.3) is 0 Å². The molecule has 1 aliphatic heterocycles. The lowest BCUT2D eigenvalue weighted by Crippen LogP contribution is -2.59. The minimum absolute atomic E-state index is 0.124. The summed E-state index contributed by atoms with van der Waals surface area (Å²) in [6.07, 6.45) is 2.35. The minimum atomic E-state index is -0.124. The van der Waals surface area contributed by atoms with E-state index in [-0.39, 0.29) is 18.0 Å². The Kier molecular flexibility index (Phi) is 4.04. The molecule has 0 saturated carbocycles. The third kappa shape index (κ3) is 2.57. The van der Waals surface area contributed by atoms with Crippen molar-refractivity contribution < 1.29 is 9.21 Å². The van der Waals surface area contributed by atoms with Crippen LogP contribution in [0.3, 0.4) is 0 Å². The van der Waals surface area contributed by atoms with Crippen LogP contribution in [0.5, 0.6) is 0 Å². The molecule has 5 nitrogen and oxygen atoms in total. The highest BCUT2D eigenvalue weighted by Gasteiger charge is 2.36. The number of furan rings is 1. The quantitative estimate of drug-likeness (QED) is 0.854. The molecule has 1 saturated heterocycles. The maximum absolute atomic E-state index is 12.3. The maximum Gasteiger partial charge on any atom is 0.240 e. The highest BCUT2D eigenvalue weighted by molar-refractivity contribution is 5.82. The smallest absolute Gasteiger partial charge is 0.240 e. The van der Waals surface area contributed by atoms with Gasteiger partial charge in [-0.3, -0.25) is 9.69 Å². The van der Waals surface area contributed by atoms with E-state index in [1.54, 1.807) is 6.26 Å². The van der Waals surface area contributed by atoms with Gasteiger partial charge in [0.1, 0.15) is 5.76 Å².